The molecule has 1 N–H and O–H groups in total. The number of aromatic nitrogens is 2. The van der Waals surface area contributed by atoms with E-state index in [-0.39, 0.29) is 5.82 Å². The fourth-order valence-corrected chi connectivity index (χ4v) is 2.14. The third kappa shape index (κ3) is 2.76. The third-order valence-corrected chi connectivity index (χ3v) is 3.26. The smallest absolute Gasteiger partial charge is 0.186 e. The molecule has 5 nitrogen and oxygen atoms in total. The predicted octanol–water partition coefficient (Wildman–Crippen LogP) is 0.902. The first-order valence-corrected chi connectivity index (χ1v) is 6.00. The Morgan fingerprint density at radius 1 is 1.44 bits per heavy atom. The molecule has 2 rings (SSSR count). The van der Waals surface area contributed by atoms with E-state index in [0.29, 0.717) is 38.3 Å². The highest BCUT2D eigenvalue weighted by Crippen LogP contribution is 2.24. The van der Waals surface area contributed by atoms with Crippen molar-refractivity contribution in [1.29, 1.82) is 0 Å². The highest BCUT2D eigenvalue weighted by Gasteiger charge is 2.32. The van der Waals surface area contributed by atoms with Gasteiger partial charge in [-0.2, -0.15) is 0 Å². The van der Waals surface area contributed by atoms with Crippen molar-refractivity contribution in [2.45, 2.75) is 25.4 Å². The zero-order chi connectivity index (χ0) is 13.2. The molecule has 1 aromatic heterocycles. The van der Waals surface area contributed by atoms with Crippen LogP contribution in [0.15, 0.2) is 6.33 Å². The van der Waals surface area contributed by atoms with E-state index < -0.39 is 11.4 Å². The van der Waals surface area contributed by atoms with E-state index in [1.807, 2.05) is 0 Å². The van der Waals surface area contributed by atoms with Crippen LogP contribution in [0.1, 0.15) is 18.5 Å². The van der Waals surface area contributed by atoms with Crippen LogP contribution in [0, 0.1) is 12.7 Å². The van der Waals surface area contributed by atoms with Crippen LogP contribution >= 0.6 is 0 Å². The van der Waals surface area contributed by atoms with Crippen molar-refractivity contribution in [3.63, 3.8) is 0 Å². The Labute approximate surface area is 106 Å². The minimum atomic E-state index is -0.835. The molecule has 0 aliphatic carbocycles. The lowest BCUT2D eigenvalue weighted by Gasteiger charge is -2.35. The van der Waals surface area contributed by atoms with Gasteiger partial charge in [-0.25, -0.2) is 14.4 Å². The fourth-order valence-electron chi connectivity index (χ4n) is 2.14. The lowest BCUT2D eigenvalue weighted by atomic mass is 9.94. The zero-order valence-corrected chi connectivity index (χ0v) is 10.7. The molecular formula is C12H18FN3O2. The second-order valence-electron chi connectivity index (χ2n) is 4.79. The second-order valence-corrected chi connectivity index (χ2v) is 4.79. The van der Waals surface area contributed by atoms with Gasteiger partial charge in [-0.05, 0) is 6.92 Å². The first kappa shape index (κ1) is 13.2. The maximum atomic E-state index is 13.9. The van der Waals surface area contributed by atoms with E-state index in [2.05, 4.69) is 9.97 Å². The molecule has 6 heteroatoms. The molecule has 0 atom stereocenters. The van der Waals surface area contributed by atoms with E-state index in [9.17, 15) is 9.50 Å². The number of nitrogens with zero attached hydrogens (tertiary/aromatic N) is 3. The molecule has 0 spiro atoms. The summed E-state index contributed by atoms with van der Waals surface area (Å²) in [6.07, 6.45) is 2.45. The Hall–Kier alpha value is -1.27. The lowest BCUT2D eigenvalue weighted by Crippen LogP contribution is -2.46. The number of aliphatic hydroxyl groups is 1. The monoisotopic (exact) mass is 255 g/mol. The summed E-state index contributed by atoms with van der Waals surface area (Å²) in [5.41, 5.74) is -0.524. The van der Waals surface area contributed by atoms with Crippen LogP contribution in [0.4, 0.5) is 10.2 Å². The van der Waals surface area contributed by atoms with Gasteiger partial charge in [0.15, 0.2) is 11.6 Å². The minimum Gasteiger partial charge on any atom is -0.388 e. The van der Waals surface area contributed by atoms with Crippen LogP contribution < -0.4 is 4.90 Å². The summed E-state index contributed by atoms with van der Waals surface area (Å²) in [4.78, 5) is 9.36. The van der Waals surface area contributed by atoms with Gasteiger partial charge in [0, 0.05) is 39.6 Å². The van der Waals surface area contributed by atoms with Gasteiger partial charge in [0.05, 0.1) is 11.3 Å². The van der Waals surface area contributed by atoms with Gasteiger partial charge in [0.1, 0.15) is 6.33 Å². The summed E-state index contributed by atoms with van der Waals surface area (Å²) < 4.78 is 19.1. The van der Waals surface area contributed by atoms with E-state index in [1.165, 1.54) is 6.33 Å². The van der Waals surface area contributed by atoms with Gasteiger partial charge < -0.3 is 14.7 Å². The molecule has 18 heavy (non-hydrogen) atoms. The van der Waals surface area contributed by atoms with Gasteiger partial charge in [-0.1, -0.05) is 0 Å². The average molecular weight is 255 g/mol. The summed E-state index contributed by atoms with van der Waals surface area (Å²) in [5, 5.41) is 10.4. The topological polar surface area (TPSA) is 58.5 Å². The summed E-state index contributed by atoms with van der Waals surface area (Å²) in [5.74, 6) is -0.210. The molecule has 0 unspecified atom stereocenters. The predicted molar refractivity (Wildman–Crippen MR) is 65.0 cm³/mol. The van der Waals surface area contributed by atoms with Gasteiger partial charge in [-0.3, -0.25) is 0 Å². The van der Waals surface area contributed by atoms with Crippen LogP contribution in [0.3, 0.4) is 0 Å². The fraction of sp³-hybridized carbons (Fsp3) is 0.667. The summed E-state index contributed by atoms with van der Waals surface area (Å²) in [6.45, 7) is 3.01. The molecular weight excluding hydrogens is 237 g/mol. The molecule has 1 saturated heterocycles. The zero-order valence-electron chi connectivity index (χ0n) is 10.7. The Balaban J connectivity index is 2.11. The van der Waals surface area contributed by atoms with Crippen molar-refractivity contribution in [3.05, 3.63) is 17.8 Å². The molecule has 0 aromatic carbocycles. The molecule has 2 heterocycles. The number of halogens is 1. The van der Waals surface area contributed by atoms with Gasteiger partial charge >= 0.3 is 0 Å². The number of hydrogen-bond donors (Lipinski definition) is 1. The molecule has 100 valence electrons. The normalized spacial score (nSPS) is 18.7. The third-order valence-electron chi connectivity index (χ3n) is 3.26. The quantitative estimate of drug-likeness (QED) is 0.869. The Kier molecular flexibility index (Phi) is 3.77. The van der Waals surface area contributed by atoms with E-state index >= 15 is 0 Å². The van der Waals surface area contributed by atoms with Crippen molar-refractivity contribution < 1.29 is 14.2 Å². The molecule has 0 saturated carbocycles. The van der Waals surface area contributed by atoms with Crippen LogP contribution in [-0.4, -0.2) is 47.5 Å². The number of ether oxygens (including phenoxy) is 1. The van der Waals surface area contributed by atoms with Crippen LogP contribution in [0.5, 0.6) is 0 Å². The van der Waals surface area contributed by atoms with Gasteiger partial charge in [-0.15, -0.1) is 0 Å². The van der Waals surface area contributed by atoms with Gasteiger partial charge in [0.25, 0.3) is 0 Å². The largest absolute Gasteiger partial charge is 0.388 e. The highest BCUT2D eigenvalue weighted by atomic mass is 19.1. The first-order valence-electron chi connectivity index (χ1n) is 6.00. The van der Waals surface area contributed by atoms with Crippen molar-refractivity contribution in [1.82, 2.24) is 9.97 Å². The van der Waals surface area contributed by atoms with Crippen molar-refractivity contribution >= 4 is 5.82 Å². The molecule has 1 aliphatic heterocycles. The molecule has 0 amide bonds. The second kappa shape index (κ2) is 5.16. The number of likely N-dealkylation sites (N-methyl/N-ethyl adjacent to an activating group) is 1. The number of anilines is 1. The van der Waals surface area contributed by atoms with E-state index in [4.69, 9.17) is 4.74 Å². The van der Waals surface area contributed by atoms with Crippen molar-refractivity contribution in [2.75, 3.05) is 31.7 Å². The highest BCUT2D eigenvalue weighted by molar-refractivity contribution is 5.40. The molecule has 0 bridgehead atoms. The lowest BCUT2D eigenvalue weighted by molar-refractivity contribution is -0.0573. The number of rotatable bonds is 3. The summed E-state index contributed by atoms with van der Waals surface area (Å²) in [6, 6.07) is 0. The summed E-state index contributed by atoms with van der Waals surface area (Å²) >= 11 is 0. The Morgan fingerprint density at radius 2 is 2.11 bits per heavy atom. The van der Waals surface area contributed by atoms with Crippen LogP contribution in [0.25, 0.3) is 0 Å². The van der Waals surface area contributed by atoms with Crippen LogP contribution in [0.2, 0.25) is 0 Å². The van der Waals surface area contributed by atoms with E-state index in [0.717, 1.165) is 0 Å². The molecule has 1 aliphatic rings. The minimum absolute atomic E-state index is 0.224. The Morgan fingerprint density at radius 3 is 2.78 bits per heavy atom. The average Bonchev–Trinajstić information content (AvgIpc) is 2.33. The number of hydrogen-bond acceptors (Lipinski definition) is 5. The number of aryl methyl sites for hydroxylation is 1. The maximum absolute atomic E-state index is 13.9. The van der Waals surface area contributed by atoms with Crippen molar-refractivity contribution in [3.8, 4) is 0 Å². The molecule has 1 aromatic rings. The molecule has 0 radical (unpaired) electrons. The van der Waals surface area contributed by atoms with Crippen molar-refractivity contribution in [2.24, 2.45) is 0 Å². The maximum Gasteiger partial charge on any atom is 0.186 e. The summed E-state index contributed by atoms with van der Waals surface area (Å²) in [7, 11) is 1.72. The molecule has 1 fully saturated rings. The van der Waals surface area contributed by atoms with E-state index in [1.54, 1.807) is 18.9 Å². The standard InChI is InChI=1S/C12H18FN3O2/c1-9-10(13)11(15-8-14-9)16(2)7-12(17)3-5-18-6-4-12/h8,17H,3-7H2,1-2H3. The van der Waals surface area contributed by atoms with Crippen LogP contribution in [-0.2, 0) is 4.74 Å². The first-order chi connectivity index (χ1) is 8.52. The van der Waals surface area contributed by atoms with Gasteiger partial charge in [0.2, 0.25) is 0 Å². The Bertz CT molecular complexity index is 422. The SMILES string of the molecule is Cc1ncnc(N(C)CC2(O)CCOCC2)c1F.